The molecule has 0 radical (unpaired) electrons. The number of rotatable bonds is 6. The van der Waals surface area contributed by atoms with Crippen LogP contribution in [-0.4, -0.2) is 22.3 Å². The van der Waals surface area contributed by atoms with E-state index in [9.17, 15) is 13.2 Å². The lowest BCUT2D eigenvalue weighted by molar-refractivity contribution is -0.135. The van der Waals surface area contributed by atoms with Gasteiger partial charge in [-0.25, -0.2) is 0 Å². The van der Waals surface area contributed by atoms with Crippen molar-refractivity contribution in [3.63, 3.8) is 0 Å². The lowest BCUT2D eigenvalue weighted by atomic mass is 10.1. The van der Waals surface area contributed by atoms with Crippen LogP contribution in [0.1, 0.15) is 37.1 Å². The molecule has 0 saturated heterocycles. The average Bonchev–Trinajstić information content (AvgIpc) is 2.67. The minimum Gasteiger partial charge on any atom is -0.309 e. The van der Waals surface area contributed by atoms with E-state index in [0.29, 0.717) is 13.0 Å². The molecule has 1 heterocycles. The third kappa shape index (κ3) is 4.89. The molecule has 1 unspecified atom stereocenters. The van der Waals surface area contributed by atoms with Gasteiger partial charge in [0.25, 0.3) is 0 Å². The summed E-state index contributed by atoms with van der Waals surface area (Å²) in [6.07, 6.45) is -2.62. The number of alkyl halides is 3. The van der Waals surface area contributed by atoms with Gasteiger partial charge < -0.3 is 5.32 Å². The van der Waals surface area contributed by atoms with Crippen LogP contribution >= 0.6 is 11.5 Å². The number of nitrogens with one attached hydrogen (secondary N) is 1. The third-order valence-electron chi connectivity index (χ3n) is 2.13. The van der Waals surface area contributed by atoms with Gasteiger partial charge in [0.05, 0.1) is 11.1 Å². The molecular weight excluding hydrogens is 239 g/mol. The lowest BCUT2D eigenvalue weighted by Gasteiger charge is -2.15. The Balaban J connectivity index is 2.41. The Morgan fingerprint density at radius 2 is 2.25 bits per heavy atom. The summed E-state index contributed by atoms with van der Waals surface area (Å²) < 4.78 is 39.7. The van der Waals surface area contributed by atoms with E-state index in [2.05, 4.69) is 14.9 Å². The molecule has 1 aromatic heterocycles. The van der Waals surface area contributed by atoms with Gasteiger partial charge in [-0.2, -0.15) is 13.2 Å². The van der Waals surface area contributed by atoms with E-state index in [1.807, 2.05) is 6.92 Å². The minimum absolute atomic E-state index is 0.0626. The summed E-state index contributed by atoms with van der Waals surface area (Å²) in [6.45, 7) is 2.64. The fourth-order valence-corrected chi connectivity index (χ4v) is 2.04. The summed E-state index contributed by atoms with van der Waals surface area (Å²) in [5.74, 6) is 0. The maximum atomic E-state index is 12.0. The third-order valence-corrected chi connectivity index (χ3v) is 2.90. The first-order chi connectivity index (χ1) is 7.53. The molecule has 0 bridgehead atoms. The van der Waals surface area contributed by atoms with Crippen molar-refractivity contribution in [1.82, 2.24) is 14.9 Å². The average molecular weight is 253 g/mol. The SMILES string of the molecule is CCNC(CCCC(F)(F)F)c1cnns1. The molecule has 0 spiro atoms. The van der Waals surface area contributed by atoms with Crippen molar-refractivity contribution < 1.29 is 13.2 Å². The summed E-state index contributed by atoms with van der Waals surface area (Å²) in [7, 11) is 0. The van der Waals surface area contributed by atoms with Crippen LogP contribution in [0.4, 0.5) is 13.2 Å². The van der Waals surface area contributed by atoms with Gasteiger partial charge in [0.15, 0.2) is 0 Å². The monoisotopic (exact) mass is 253 g/mol. The van der Waals surface area contributed by atoms with Crippen LogP contribution in [0.5, 0.6) is 0 Å². The summed E-state index contributed by atoms with van der Waals surface area (Å²) in [5, 5.41) is 6.82. The molecule has 0 saturated carbocycles. The largest absolute Gasteiger partial charge is 0.389 e. The highest BCUT2D eigenvalue weighted by Gasteiger charge is 2.27. The van der Waals surface area contributed by atoms with Crippen LogP contribution in [0.2, 0.25) is 0 Å². The molecule has 0 fully saturated rings. The van der Waals surface area contributed by atoms with Crippen LogP contribution < -0.4 is 5.32 Å². The number of nitrogens with zero attached hydrogens (tertiary/aromatic N) is 2. The van der Waals surface area contributed by atoms with Crippen LogP contribution in [0.15, 0.2) is 6.20 Å². The van der Waals surface area contributed by atoms with Crippen molar-refractivity contribution in [2.75, 3.05) is 6.54 Å². The fraction of sp³-hybridized carbons (Fsp3) is 0.778. The zero-order valence-electron chi connectivity index (χ0n) is 8.92. The minimum atomic E-state index is -4.07. The van der Waals surface area contributed by atoms with Crippen molar-refractivity contribution in [3.8, 4) is 0 Å². The zero-order chi connectivity index (χ0) is 12.0. The molecule has 7 heteroatoms. The molecule has 0 aliphatic carbocycles. The molecular formula is C9H14F3N3S. The van der Waals surface area contributed by atoms with Gasteiger partial charge in [-0.05, 0) is 30.9 Å². The first-order valence-electron chi connectivity index (χ1n) is 5.10. The van der Waals surface area contributed by atoms with Gasteiger partial charge in [-0.1, -0.05) is 11.4 Å². The lowest BCUT2D eigenvalue weighted by Crippen LogP contribution is -2.20. The van der Waals surface area contributed by atoms with Gasteiger partial charge in [0.1, 0.15) is 0 Å². The summed E-state index contributed by atoms with van der Waals surface area (Å²) in [4.78, 5) is 0.893. The highest BCUT2D eigenvalue weighted by atomic mass is 32.1. The Morgan fingerprint density at radius 1 is 1.50 bits per heavy atom. The second kappa shape index (κ2) is 6.15. The second-order valence-corrected chi connectivity index (χ2v) is 4.25. The molecule has 0 aromatic carbocycles. The van der Waals surface area contributed by atoms with Crippen molar-refractivity contribution in [2.24, 2.45) is 0 Å². The summed E-state index contributed by atoms with van der Waals surface area (Å²) >= 11 is 1.22. The Morgan fingerprint density at radius 3 is 2.75 bits per heavy atom. The van der Waals surface area contributed by atoms with Crippen molar-refractivity contribution in [1.29, 1.82) is 0 Å². The highest BCUT2D eigenvalue weighted by Crippen LogP contribution is 2.26. The standard InChI is InChI=1S/C9H14F3N3S/c1-2-13-7(8-6-14-15-16-8)4-3-5-9(10,11)12/h6-7,13H,2-5H2,1H3. The van der Waals surface area contributed by atoms with E-state index < -0.39 is 12.6 Å². The molecule has 1 aromatic rings. The van der Waals surface area contributed by atoms with Crippen molar-refractivity contribution >= 4 is 11.5 Å². The van der Waals surface area contributed by atoms with Crippen LogP contribution in [0, 0.1) is 0 Å². The van der Waals surface area contributed by atoms with E-state index >= 15 is 0 Å². The smallest absolute Gasteiger partial charge is 0.309 e. The molecule has 0 aliphatic rings. The molecule has 1 rings (SSSR count). The van der Waals surface area contributed by atoms with Gasteiger partial charge in [0.2, 0.25) is 0 Å². The quantitative estimate of drug-likeness (QED) is 0.847. The van der Waals surface area contributed by atoms with E-state index in [4.69, 9.17) is 0 Å². The molecule has 0 amide bonds. The first kappa shape index (κ1) is 13.4. The number of hydrogen-bond donors (Lipinski definition) is 1. The number of halogens is 3. The number of hydrogen-bond acceptors (Lipinski definition) is 4. The topological polar surface area (TPSA) is 37.8 Å². The first-order valence-corrected chi connectivity index (χ1v) is 5.87. The Kier molecular flexibility index (Phi) is 5.14. The Labute approximate surface area is 96.2 Å². The van der Waals surface area contributed by atoms with E-state index in [-0.39, 0.29) is 12.5 Å². The van der Waals surface area contributed by atoms with Crippen molar-refractivity contribution in [2.45, 2.75) is 38.4 Å². The molecule has 1 atom stereocenters. The highest BCUT2D eigenvalue weighted by molar-refractivity contribution is 7.05. The van der Waals surface area contributed by atoms with Gasteiger partial charge >= 0.3 is 6.18 Å². The molecule has 92 valence electrons. The van der Waals surface area contributed by atoms with E-state index in [1.54, 1.807) is 6.20 Å². The van der Waals surface area contributed by atoms with Crippen LogP contribution in [0.3, 0.4) is 0 Å². The maximum Gasteiger partial charge on any atom is 0.389 e. The second-order valence-electron chi connectivity index (χ2n) is 3.44. The Bertz CT molecular complexity index is 287. The molecule has 3 nitrogen and oxygen atoms in total. The van der Waals surface area contributed by atoms with Crippen LogP contribution in [0.25, 0.3) is 0 Å². The molecule has 1 N–H and O–H groups in total. The summed E-state index contributed by atoms with van der Waals surface area (Å²) in [6, 6.07) is -0.0626. The normalized spacial score (nSPS) is 14.0. The summed E-state index contributed by atoms with van der Waals surface area (Å²) in [5.41, 5.74) is 0. The molecule has 0 aliphatic heterocycles. The van der Waals surface area contributed by atoms with E-state index in [1.165, 1.54) is 11.5 Å². The molecule has 16 heavy (non-hydrogen) atoms. The van der Waals surface area contributed by atoms with Gasteiger partial charge in [-0.15, -0.1) is 5.10 Å². The Hall–Kier alpha value is -0.690. The van der Waals surface area contributed by atoms with Gasteiger partial charge in [0, 0.05) is 12.5 Å². The maximum absolute atomic E-state index is 12.0. The van der Waals surface area contributed by atoms with Crippen LogP contribution in [-0.2, 0) is 0 Å². The fourth-order valence-electron chi connectivity index (χ4n) is 1.43. The zero-order valence-corrected chi connectivity index (χ0v) is 9.74. The van der Waals surface area contributed by atoms with Crippen molar-refractivity contribution in [3.05, 3.63) is 11.1 Å². The van der Waals surface area contributed by atoms with Gasteiger partial charge in [-0.3, -0.25) is 0 Å². The van der Waals surface area contributed by atoms with E-state index in [0.717, 1.165) is 4.88 Å². The predicted octanol–water partition coefficient (Wildman–Crippen LogP) is 2.92. The number of aromatic nitrogens is 2. The predicted molar refractivity (Wildman–Crippen MR) is 56.2 cm³/mol.